The molecule has 0 aliphatic rings. The average Bonchev–Trinajstić information content (AvgIpc) is 2.70. The van der Waals surface area contributed by atoms with Gasteiger partial charge in [-0.2, -0.15) is 0 Å². The van der Waals surface area contributed by atoms with Crippen LogP contribution in [0.2, 0.25) is 0 Å². The van der Waals surface area contributed by atoms with Crippen molar-refractivity contribution in [3.8, 4) is 0 Å². The number of carbonyl (C=O) groups excluding carboxylic acids is 1. The van der Waals surface area contributed by atoms with Crippen LogP contribution >= 0.6 is 0 Å². The van der Waals surface area contributed by atoms with Crippen LogP contribution in [0.3, 0.4) is 0 Å². The predicted molar refractivity (Wildman–Crippen MR) is 120 cm³/mol. The fraction of sp³-hybridized carbons (Fsp3) is 0.217. The lowest BCUT2D eigenvalue weighted by Crippen LogP contribution is -2.29. The molecule has 0 atom stereocenters. The molecule has 7 nitrogen and oxygen atoms in total. The maximum Gasteiger partial charge on any atom is 0.240 e. The summed E-state index contributed by atoms with van der Waals surface area (Å²) >= 11 is 0. The molecule has 0 amide bonds. The highest BCUT2D eigenvalue weighted by Gasteiger charge is 2.20. The van der Waals surface area contributed by atoms with Gasteiger partial charge in [-0.3, -0.25) is 9.59 Å². The molecule has 0 saturated carbocycles. The van der Waals surface area contributed by atoms with Gasteiger partial charge in [0.2, 0.25) is 10.0 Å². The van der Waals surface area contributed by atoms with E-state index in [9.17, 15) is 23.1 Å². The lowest BCUT2D eigenvalue weighted by atomic mass is 10.0. The van der Waals surface area contributed by atoms with E-state index in [1.165, 1.54) is 44.2 Å². The maximum atomic E-state index is 12.6. The van der Waals surface area contributed by atoms with Gasteiger partial charge in [0.15, 0.2) is 11.2 Å². The number of nitrogens with one attached hydrogen (secondary N) is 2. The number of benzene rings is 2. The summed E-state index contributed by atoms with van der Waals surface area (Å²) in [6.45, 7) is 4.60. The van der Waals surface area contributed by atoms with Crippen LogP contribution in [-0.2, 0) is 21.4 Å². The summed E-state index contributed by atoms with van der Waals surface area (Å²) in [6.07, 6.45) is 2.61. The van der Waals surface area contributed by atoms with Gasteiger partial charge in [0.25, 0.3) is 0 Å². The highest BCUT2D eigenvalue weighted by Crippen LogP contribution is 2.17. The maximum absolute atomic E-state index is 12.6. The normalized spacial score (nSPS) is 12.5. The Morgan fingerprint density at radius 2 is 1.84 bits per heavy atom. The molecule has 1 heterocycles. The molecule has 0 radical (unpaired) electrons. The summed E-state index contributed by atoms with van der Waals surface area (Å²) in [6, 6.07) is 12.9. The lowest BCUT2D eigenvalue weighted by Gasteiger charge is -2.12. The van der Waals surface area contributed by atoms with E-state index >= 15 is 0 Å². The molecule has 0 spiro atoms. The Hall–Kier alpha value is -3.07. The first-order chi connectivity index (χ1) is 14.5. The zero-order chi connectivity index (χ0) is 22.8. The van der Waals surface area contributed by atoms with E-state index in [1.54, 1.807) is 30.3 Å². The quantitative estimate of drug-likeness (QED) is 0.489. The number of para-hydroxylation sites is 1. The number of hydrogen-bond acceptors (Lipinski definition) is 5. The Morgan fingerprint density at radius 1 is 1.16 bits per heavy atom. The number of ketones is 1. The van der Waals surface area contributed by atoms with Gasteiger partial charge >= 0.3 is 0 Å². The number of sulfonamides is 1. The second-order valence-electron chi connectivity index (χ2n) is 7.82. The van der Waals surface area contributed by atoms with Crippen LogP contribution in [0, 0.1) is 6.92 Å². The molecule has 0 saturated heterocycles. The third-order valence-electron chi connectivity index (χ3n) is 4.77. The zero-order valence-corrected chi connectivity index (χ0v) is 18.3. The van der Waals surface area contributed by atoms with Gasteiger partial charge in [-0.05, 0) is 56.7 Å². The molecule has 3 N–H and O–H groups in total. The molecular weight excluding hydrogens is 416 g/mol. The molecular formula is C23H24N2O5S. The van der Waals surface area contributed by atoms with Crippen molar-refractivity contribution in [2.45, 2.75) is 37.8 Å². The summed E-state index contributed by atoms with van der Waals surface area (Å²) in [5, 5.41) is 10.2. The van der Waals surface area contributed by atoms with Gasteiger partial charge < -0.3 is 10.1 Å². The number of aryl methyl sites for hydroxylation is 1. The molecule has 0 fully saturated rings. The number of pyridine rings is 1. The number of aliphatic hydroxyl groups is 1. The minimum atomic E-state index is -3.73. The summed E-state index contributed by atoms with van der Waals surface area (Å²) in [5.74, 6) is -0.507. The molecule has 0 aliphatic carbocycles. The van der Waals surface area contributed by atoms with Crippen molar-refractivity contribution in [3.63, 3.8) is 0 Å². The Labute approximate surface area is 180 Å². The number of fused-ring (bicyclic) bond motifs is 1. The third-order valence-corrected chi connectivity index (χ3v) is 6.19. The van der Waals surface area contributed by atoms with Crippen LogP contribution < -0.4 is 10.2 Å². The molecule has 162 valence electrons. The fourth-order valence-corrected chi connectivity index (χ4v) is 3.94. The molecule has 0 unspecified atom stereocenters. The minimum absolute atomic E-state index is 0.0285. The number of aromatic nitrogens is 1. The van der Waals surface area contributed by atoms with Crippen LogP contribution in [0.25, 0.3) is 17.0 Å². The van der Waals surface area contributed by atoms with E-state index in [0.29, 0.717) is 22.2 Å². The first kappa shape index (κ1) is 22.6. The van der Waals surface area contributed by atoms with E-state index in [-0.39, 0.29) is 16.9 Å². The van der Waals surface area contributed by atoms with Gasteiger partial charge in [-0.1, -0.05) is 29.8 Å². The van der Waals surface area contributed by atoms with Crippen LogP contribution in [0.1, 0.15) is 30.7 Å². The number of H-pyrrole nitrogens is 1. The van der Waals surface area contributed by atoms with Gasteiger partial charge in [-0.15, -0.1) is 0 Å². The average molecular weight is 441 g/mol. The van der Waals surface area contributed by atoms with E-state index in [4.69, 9.17) is 0 Å². The van der Waals surface area contributed by atoms with Crippen molar-refractivity contribution in [1.82, 2.24) is 9.71 Å². The van der Waals surface area contributed by atoms with Crippen molar-refractivity contribution >= 4 is 32.8 Å². The summed E-state index contributed by atoms with van der Waals surface area (Å²) in [4.78, 5) is 27.7. The highest BCUT2D eigenvalue weighted by molar-refractivity contribution is 7.89. The van der Waals surface area contributed by atoms with Crippen LogP contribution in [0.5, 0.6) is 0 Å². The van der Waals surface area contributed by atoms with Crippen LogP contribution in [0.15, 0.2) is 64.3 Å². The molecule has 2 aromatic carbocycles. The van der Waals surface area contributed by atoms with Gasteiger partial charge in [0, 0.05) is 23.7 Å². The van der Waals surface area contributed by atoms with E-state index < -0.39 is 21.4 Å². The van der Waals surface area contributed by atoms with Gasteiger partial charge in [0.05, 0.1) is 10.4 Å². The Morgan fingerprint density at radius 3 is 2.48 bits per heavy atom. The molecule has 8 heteroatoms. The number of rotatable bonds is 7. The standard InChI is InChI=1S/C23H24N2O5S/c1-15-7-10-18(11-8-15)31(29,30)24-14-16-5-4-6-19-20(26)13-17(25-22(16)19)9-12-21(27)23(2,3)28/h4-13,24,28H,14H2,1-3H3,(H,25,26). The Kier molecular flexibility index (Phi) is 6.26. The second-order valence-corrected chi connectivity index (χ2v) is 9.59. The summed E-state index contributed by atoms with van der Waals surface area (Å²) in [7, 11) is -3.73. The third kappa shape index (κ3) is 5.35. The van der Waals surface area contributed by atoms with Crippen molar-refractivity contribution < 1.29 is 18.3 Å². The Balaban J connectivity index is 1.93. The first-order valence-corrected chi connectivity index (χ1v) is 11.1. The van der Waals surface area contributed by atoms with Gasteiger partial charge in [-0.25, -0.2) is 13.1 Å². The minimum Gasteiger partial charge on any atom is -0.382 e. The smallest absolute Gasteiger partial charge is 0.240 e. The molecule has 1 aromatic heterocycles. The van der Waals surface area contributed by atoms with E-state index in [1.807, 2.05) is 6.92 Å². The second kappa shape index (κ2) is 8.58. The number of hydrogen-bond donors (Lipinski definition) is 3. The topological polar surface area (TPSA) is 116 Å². The fourth-order valence-electron chi connectivity index (χ4n) is 2.93. The van der Waals surface area contributed by atoms with E-state index in [2.05, 4.69) is 9.71 Å². The van der Waals surface area contributed by atoms with Crippen molar-refractivity contribution in [3.05, 3.63) is 81.7 Å². The first-order valence-electron chi connectivity index (χ1n) is 9.63. The highest BCUT2D eigenvalue weighted by atomic mass is 32.2. The largest absolute Gasteiger partial charge is 0.382 e. The number of carbonyl (C=O) groups is 1. The summed E-state index contributed by atoms with van der Waals surface area (Å²) in [5.41, 5.74) is 0.574. The monoisotopic (exact) mass is 440 g/mol. The molecule has 0 aliphatic heterocycles. The summed E-state index contributed by atoms with van der Waals surface area (Å²) < 4.78 is 27.8. The molecule has 31 heavy (non-hydrogen) atoms. The SMILES string of the molecule is Cc1ccc(S(=O)(=O)NCc2cccc3c(=O)cc(C=CC(=O)C(C)(C)O)[nH]c23)cc1. The van der Waals surface area contributed by atoms with E-state index in [0.717, 1.165) is 5.56 Å². The molecule has 3 rings (SSSR count). The molecule has 3 aromatic rings. The Bertz CT molecular complexity index is 1310. The number of aromatic amines is 1. The lowest BCUT2D eigenvalue weighted by molar-refractivity contribution is -0.128. The zero-order valence-electron chi connectivity index (χ0n) is 17.5. The van der Waals surface area contributed by atoms with Gasteiger partial charge in [0.1, 0.15) is 5.60 Å². The van der Waals surface area contributed by atoms with Crippen molar-refractivity contribution in [2.75, 3.05) is 0 Å². The van der Waals surface area contributed by atoms with Crippen molar-refractivity contribution in [2.24, 2.45) is 0 Å². The predicted octanol–water partition coefficient (Wildman–Crippen LogP) is 2.67. The molecule has 0 bridgehead atoms. The van der Waals surface area contributed by atoms with Crippen LogP contribution in [0.4, 0.5) is 0 Å². The van der Waals surface area contributed by atoms with Crippen LogP contribution in [-0.4, -0.2) is 29.9 Å². The van der Waals surface area contributed by atoms with Crippen molar-refractivity contribution in [1.29, 1.82) is 0 Å².